The number of benzene rings is 1. The van der Waals surface area contributed by atoms with Gasteiger partial charge in [-0.1, -0.05) is 32.4 Å². The van der Waals surface area contributed by atoms with Gasteiger partial charge < -0.3 is 14.9 Å². The Morgan fingerprint density at radius 3 is 2.54 bits per heavy atom. The zero-order valence-corrected chi connectivity index (χ0v) is 19.2. The lowest BCUT2D eigenvalue weighted by atomic mass is 10.2. The first-order valence-corrected chi connectivity index (χ1v) is 12.6. The first kappa shape index (κ1) is 22.4. The molecular formula is C20H29ClN4O2Si. The highest BCUT2D eigenvalue weighted by Crippen LogP contribution is 2.36. The number of halogens is 1. The number of nitrogens with zero attached hydrogens (tertiary/aromatic N) is 3. The van der Waals surface area contributed by atoms with Crippen LogP contribution in [-0.4, -0.2) is 24.7 Å². The van der Waals surface area contributed by atoms with E-state index in [4.69, 9.17) is 31.8 Å². The van der Waals surface area contributed by atoms with Crippen LogP contribution in [0.5, 0.6) is 11.5 Å². The van der Waals surface area contributed by atoms with Gasteiger partial charge in [-0.05, 0) is 43.3 Å². The molecule has 0 bridgehead atoms. The van der Waals surface area contributed by atoms with Gasteiger partial charge in [0.05, 0.1) is 30.5 Å². The molecule has 0 saturated carbocycles. The molecule has 0 amide bonds. The average molecular weight is 421 g/mol. The Hall–Kier alpha value is -1.85. The van der Waals surface area contributed by atoms with Crippen molar-refractivity contribution in [1.29, 1.82) is 5.26 Å². The van der Waals surface area contributed by atoms with Crippen molar-refractivity contribution in [1.82, 2.24) is 9.78 Å². The molecule has 0 unspecified atom stereocenters. The smallest absolute Gasteiger partial charge is 0.192 e. The summed E-state index contributed by atoms with van der Waals surface area (Å²) >= 11 is 6.07. The van der Waals surface area contributed by atoms with Crippen LogP contribution in [0.15, 0.2) is 18.2 Å². The summed E-state index contributed by atoms with van der Waals surface area (Å²) in [6, 6.07) is 6.97. The molecule has 0 saturated heterocycles. The average Bonchev–Trinajstić information content (AvgIpc) is 2.88. The van der Waals surface area contributed by atoms with E-state index in [1.165, 1.54) is 0 Å². The highest BCUT2D eigenvalue weighted by Gasteiger charge is 2.37. The van der Waals surface area contributed by atoms with Crippen LogP contribution in [0, 0.1) is 18.3 Å². The molecule has 6 nitrogen and oxygen atoms in total. The summed E-state index contributed by atoms with van der Waals surface area (Å²) in [6.45, 7) is 14.4. The topological polar surface area (TPSA) is 86.1 Å². The summed E-state index contributed by atoms with van der Waals surface area (Å²) < 4.78 is 14.1. The minimum absolute atomic E-state index is 0.156. The quantitative estimate of drug-likeness (QED) is 0.637. The third-order valence-electron chi connectivity index (χ3n) is 5.16. The Bertz CT molecular complexity index is 882. The summed E-state index contributed by atoms with van der Waals surface area (Å²) in [5.74, 6) is 1.08. The molecule has 0 aliphatic carbocycles. The number of nitriles is 1. The Labute approximate surface area is 173 Å². The van der Waals surface area contributed by atoms with Crippen molar-refractivity contribution in [2.24, 2.45) is 5.73 Å². The fourth-order valence-electron chi connectivity index (χ4n) is 2.54. The molecule has 0 atom stereocenters. The Balaban J connectivity index is 2.20. The minimum Gasteiger partial charge on any atom is -0.453 e. The van der Waals surface area contributed by atoms with Crippen LogP contribution in [0.25, 0.3) is 0 Å². The first-order chi connectivity index (χ1) is 13.0. The molecular weight excluding hydrogens is 392 g/mol. The third kappa shape index (κ3) is 5.14. The first-order valence-electron chi connectivity index (χ1n) is 9.27. The lowest BCUT2D eigenvalue weighted by Gasteiger charge is -2.36. The van der Waals surface area contributed by atoms with E-state index in [1.54, 1.807) is 18.2 Å². The molecule has 0 aliphatic rings. The number of hydrogen-bond donors (Lipinski definition) is 1. The summed E-state index contributed by atoms with van der Waals surface area (Å²) in [4.78, 5) is 0. The molecule has 0 radical (unpaired) electrons. The zero-order valence-electron chi connectivity index (χ0n) is 17.5. The number of nitrogens with two attached hydrogens (primary N) is 1. The van der Waals surface area contributed by atoms with Crippen molar-refractivity contribution in [3.8, 4) is 17.6 Å². The normalized spacial score (nSPS) is 12.1. The fourth-order valence-corrected chi connectivity index (χ4v) is 3.80. The van der Waals surface area contributed by atoms with Crippen LogP contribution in [-0.2, 0) is 17.5 Å². The molecule has 0 aliphatic heterocycles. The van der Waals surface area contributed by atoms with Gasteiger partial charge in [-0.25, -0.2) is 0 Å². The van der Waals surface area contributed by atoms with E-state index < -0.39 is 8.32 Å². The Morgan fingerprint density at radius 2 is 1.96 bits per heavy atom. The lowest BCUT2D eigenvalue weighted by molar-refractivity contribution is 0.263. The van der Waals surface area contributed by atoms with Gasteiger partial charge in [0.1, 0.15) is 11.4 Å². The lowest BCUT2D eigenvalue weighted by Crippen LogP contribution is -2.41. The van der Waals surface area contributed by atoms with Gasteiger partial charge in [-0.3, -0.25) is 4.68 Å². The second kappa shape index (κ2) is 8.66. The van der Waals surface area contributed by atoms with E-state index in [-0.39, 0.29) is 11.6 Å². The molecule has 2 aromatic rings. The van der Waals surface area contributed by atoms with Crippen LogP contribution in [0.1, 0.15) is 37.7 Å². The molecule has 2 rings (SSSR count). The molecule has 0 spiro atoms. The largest absolute Gasteiger partial charge is 0.453 e. The number of ether oxygens (including phenoxy) is 1. The molecule has 152 valence electrons. The van der Waals surface area contributed by atoms with Crippen molar-refractivity contribution in [2.45, 2.75) is 58.9 Å². The van der Waals surface area contributed by atoms with E-state index in [0.29, 0.717) is 35.2 Å². The fraction of sp³-hybridized carbons (Fsp3) is 0.500. The van der Waals surface area contributed by atoms with E-state index in [1.807, 2.05) is 11.6 Å². The Kier molecular flexibility index (Phi) is 6.94. The predicted octanol–water partition coefficient (Wildman–Crippen LogP) is 4.99. The second-order valence-electron chi connectivity index (χ2n) is 8.29. The Morgan fingerprint density at radius 1 is 1.29 bits per heavy atom. The van der Waals surface area contributed by atoms with E-state index in [0.717, 1.165) is 11.4 Å². The molecule has 1 heterocycles. The van der Waals surface area contributed by atoms with Crippen molar-refractivity contribution in [3.63, 3.8) is 0 Å². The van der Waals surface area contributed by atoms with Crippen LogP contribution < -0.4 is 10.5 Å². The monoisotopic (exact) mass is 420 g/mol. The predicted molar refractivity (Wildman–Crippen MR) is 114 cm³/mol. The van der Waals surface area contributed by atoms with Crippen molar-refractivity contribution < 1.29 is 9.16 Å². The maximum Gasteiger partial charge on any atom is 0.192 e. The summed E-state index contributed by atoms with van der Waals surface area (Å²) in [6.07, 6.45) is 0. The summed E-state index contributed by atoms with van der Waals surface area (Å²) in [7, 11) is -1.82. The number of rotatable bonds is 7. The second-order valence-corrected chi connectivity index (χ2v) is 13.5. The molecule has 0 fully saturated rings. The van der Waals surface area contributed by atoms with Crippen molar-refractivity contribution in [2.75, 3.05) is 6.61 Å². The molecule has 1 aromatic carbocycles. The van der Waals surface area contributed by atoms with Crippen molar-refractivity contribution in [3.05, 3.63) is 40.2 Å². The van der Waals surface area contributed by atoms with E-state index in [9.17, 15) is 0 Å². The molecule has 28 heavy (non-hydrogen) atoms. The van der Waals surface area contributed by atoms with Gasteiger partial charge in [0, 0.05) is 11.6 Å². The number of aromatic nitrogens is 2. The highest BCUT2D eigenvalue weighted by molar-refractivity contribution is 6.74. The zero-order chi connectivity index (χ0) is 21.1. The standard InChI is InChI=1S/C20H29ClN4O2Si/c1-14-19(27-17-10-15(12-22)9-16(21)11-17)18(13-23)25(24-14)7-8-26-28(5,6)20(2,3)4/h9-11H,7-8,13,23H2,1-6H3. The summed E-state index contributed by atoms with van der Waals surface area (Å²) in [5.41, 5.74) is 7.93. The van der Waals surface area contributed by atoms with Crippen molar-refractivity contribution >= 4 is 19.9 Å². The van der Waals surface area contributed by atoms with Crippen LogP contribution in [0.2, 0.25) is 23.2 Å². The van der Waals surface area contributed by atoms with Crippen LogP contribution >= 0.6 is 11.6 Å². The number of aryl methyl sites for hydroxylation is 1. The summed E-state index contributed by atoms with van der Waals surface area (Å²) in [5, 5.41) is 14.3. The molecule has 2 N–H and O–H groups in total. The minimum atomic E-state index is -1.82. The van der Waals surface area contributed by atoms with E-state index >= 15 is 0 Å². The van der Waals surface area contributed by atoms with Gasteiger partial charge in [-0.2, -0.15) is 10.4 Å². The van der Waals surface area contributed by atoms with Crippen LogP contribution in [0.4, 0.5) is 0 Å². The van der Waals surface area contributed by atoms with Gasteiger partial charge in [0.15, 0.2) is 14.1 Å². The number of hydrogen-bond acceptors (Lipinski definition) is 5. The molecule has 8 heteroatoms. The van der Waals surface area contributed by atoms with Gasteiger partial charge in [0.25, 0.3) is 0 Å². The molecule has 1 aromatic heterocycles. The maximum atomic E-state index is 9.12. The SMILES string of the molecule is Cc1nn(CCO[Si](C)(C)C(C)(C)C)c(CN)c1Oc1cc(Cl)cc(C#N)c1. The van der Waals surface area contributed by atoms with Gasteiger partial charge in [-0.15, -0.1) is 0 Å². The van der Waals surface area contributed by atoms with Gasteiger partial charge in [0.2, 0.25) is 0 Å². The van der Waals surface area contributed by atoms with Crippen LogP contribution in [0.3, 0.4) is 0 Å². The third-order valence-corrected chi connectivity index (χ3v) is 9.92. The highest BCUT2D eigenvalue weighted by atomic mass is 35.5. The maximum absolute atomic E-state index is 9.12. The van der Waals surface area contributed by atoms with E-state index in [2.05, 4.69) is 45.0 Å². The van der Waals surface area contributed by atoms with Gasteiger partial charge >= 0.3 is 0 Å².